The predicted octanol–water partition coefficient (Wildman–Crippen LogP) is 4.62. The fourth-order valence-electron chi connectivity index (χ4n) is 2.91. The Labute approximate surface area is 166 Å². The second-order valence-corrected chi connectivity index (χ2v) is 7.33. The molecule has 4 rings (SSSR count). The Hall–Kier alpha value is -3.25. The van der Waals surface area contributed by atoms with Gasteiger partial charge in [0.15, 0.2) is 5.82 Å². The van der Waals surface area contributed by atoms with Crippen LogP contribution in [-0.2, 0) is 6.61 Å². The van der Waals surface area contributed by atoms with Crippen molar-refractivity contribution in [3.63, 3.8) is 0 Å². The lowest BCUT2D eigenvalue weighted by molar-refractivity contribution is 0.287. The average Bonchev–Trinajstić information content (AvgIpc) is 3.25. The van der Waals surface area contributed by atoms with E-state index in [9.17, 15) is 4.79 Å². The van der Waals surface area contributed by atoms with Gasteiger partial charge in [0.1, 0.15) is 12.4 Å². The number of aromatic nitrogens is 2. The third-order valence-corrected chi connectivity index (χ3v) is 5.38. The van der Waals surface area contributed by atoms with Crippen LogP contribution in [-0.4, -0.2) is 15.4 Å². The smallest absolute Gasteiger partial charge is 0.282 e. The van der Waals surface area contributed by atoms with E-state index >= 15 is 0 Å². The normalized spacial score (nSPS) is 11.7. The first-order valence-electron chi connectivity index (χ1n) is 8.92. The van der Waals surface area contributed by atoms with Gasteiger partial charge in [-0.25, -0.2) is 4.98 Å². The van der Waals surface area contributed by atoms with Gasteiger partial charge in [-0.1, -0.05) is 36.4 Å². The maximum absolute atomic E-state index is 13.1. The van der Waals surface area contributed by atoms with Crippen molar-refractivity contribution in [1.29, 1.82) is 0 Å². The molecule has 0 aliphatic rings. The highest BCUT2D eigenvalue weighted by molar-refractivity contribution is 7.12. The number of thiophene rings is 1. The van der Waals surface area contributed by atoms with E-state index in [4.69, 9.17) is 4.74 Å². The Morgan fingerprint density at radius 1 is 1.11 bits per heavy atom. The van der Waals surface area contributed by atoms with Crippen LogP contribution in [0.5, 0.6) is 5.75 Å². The number of fused-ring (bicyclic) bond motifs is 1. The number of benzene rings is 2. The summed E-state index contributed by atoms with van der Waals surface area (Å²) in [5.74, 6) is 1.22. The topological polar surface area (TPSA) is 56.5 Å². The minimum absolute atomic E-state index is 0.145. The number of aryl methyl sites for hydroxylation is 1. The van der Waals surface area contributed by atoms with E-state index in [0.717, 1.165) is 21.9 Å². The first kappa shape index (κ1) is 18.1. The molecule has 0 spiro atoms. The standard InChI is InChI=1S/C22H19N3O2S/c1-15-8-3-6-11-19(15)27-14-21-23-18-10-5-4-9-17(18)22(26)25(21)24-16(2)20-12-7-13-28-20/h3-13H,14H2,1-2H3/b24-16+. The molecule has 0 bridgehead atoms. The third-order valence-electron chi connectivity index (χ3n) is 4.40. The summed E-state index contributed by atoms with van der Waals surface area (Å²) in [5.41, 5.74) is 2.21. The third kappa shape index (κ3) is 3.59. The van der Waals surface area contributed by atoms with Gasteiger partial charge in [0.2, 0.25) is 0 Å². The Morgan fingerprint density at radius 2 is 1.89 bits per heavy atom. The highest BCUT2D eigenvalue weighted by atomic mass is 32.1. The molecule has 2 aromatic carbocycles. The lowest BCUT2D eigenvalue weighted by atomic mass is 10.2. The summed E-state index contributed by atoms with van der Waals surface area (Å²) in [7, 11) is 0. The summed E-state index contributed by atoms with van der Waals surface area (Å²) in [6, 6.07) is 19.0. The Bertz CT molecular complexity index is 1210. The molecule has 0 amide bonds. The predicted molar refractivity (Wildman–Crippen MR) is 113 cm³/mol. The summed E-state index contributed by atoms with van der Waals surface area (Å²) >= 11 is 1.58. The van der Waals surface area contributed by atoms with Gasteiger partial charge in [-0.2, -0.15) is 9.78 Å². The van der Waals surface area contributed by atoms with Gasteiger partial charge in [-0.05, 0) is 49.1 Å². The molecule has 0 unspecified atom stereocenters. The van der Waals surface area contributed by atoms with Crippen molar-refractivity contribution in [2.45, 2.75) is 20.5 Å². The minimum Gasteiger partial charge on any atom is -0.485 e. The van der Waals surface area contributed by atoms with Gasteiger partial charge in [-0.3, -0.25) is 4.79 Å². The number of para-hydroxylation sites is 2. The van der Waals surface area contributed by atoms with E-state index in [1.54, 1.807) is 17.4 Å². The van der Waals surface area contributed by atoms with Crippen molar-refractivity contribution in [3.05, 3.63) is 92.7 Å². The number of hydrogen-bond donors (Lipinski definition) is 0. The molecule has 0 aliphatic carbocycles. The van der Waals surface area contributed by atoms with Gasteiger partial charge in [-0.15, -0.1) is 11.3 Å². The summed E-state index contributed by atoms with van der Waals surface area (Å²) in [6.07, 6.45) is 0. The highest BCUT2D eigenvalue weighted by Crippen LogP contribution is 2.18. The zero-order chi connectivity index (χ0) is 19.5. The fraction of sp³-hybridized carbons (Fsp3) is 0.136. The minimum atomic E-state index is -0.204. The molecule has 0 radical (unpaired) electrons. The Morgan fingerprint density at radius 3 is 2.68 bits per heavy atom. The van der Waals surface area contributed by atoms with Crippen molar-refractivity contribution in [2.24, 2.45) is 5.10 Å². The lowest BCUT2D eigenvalue weighted by Crippen LogP contribution is -2.24. The maximum Gasteiger partial charge on any atom is 0.282 e. The van der Waals surface area contributed by atoms with Crippen molar-refractivity contribution in [3.8, 4) is 5.75 Å². The molecule has 0 saturated carbocycles. The van der Waals surface area contributed by atoms with Gasteiger partial charge < -0.3 is 4.74 Å². The summed E-state index contributed by atoms with van der Waals surface area (Å²) in [6.45, 7) is 4.01. The zero-order valence-corrected chi connectivity index (χ0v) is 16.4. The molecule has 2 heterocycles. The van der Waals surface area contributed by atoms with E-state index in [1.165, 1.54) is 4.68 Å². The highest BCUT2D eigenvalue weighted by Gasteiger charge is 2.13. The van der Waals surface area contributed by atoms with Gasteiger partial charge in [0.05, 0.1) is 21.5 Å². The maximum atomic E-state index is 13.1. The number of ether oxygens (including phenoxy) is 1. The van der Waals surface area contributed by atoms with Crippen LogP contribution in [0.3, 0.4) is 0 Å². The van der Waals surface area contributed by atoms with Crippen LogP contribution in [0.15, 0.2) is 75.9 Å². The van der Waals surface area contributed by atoms with E-state index < -0.39 is 0 Å². The van der Waals surface area contributed by atoms with Crippen LogP contribution in [0.4, 0.5) is 0 Å². The summed E-state index contributed by atoms with van der Waals surface area (Å²) < 4.78 is 7.31. The second kappa shape index (κ2) is 7.78. The monoisotopic (exact) mass is 389 g/mol. The molecule has 140 valence electrons. The molecule has 4 aromatic rings. The number of rotatable bonds is 5. The molecule has 0 aliphatic heterocycles. The number of hydrogen-bond acceptors (Lipinski definition) is 5. The SMILES string of the molecule is C/C(=N\n1c(COc2ccccc2C)nc2ccccc2c1=O)c1cccs1. The van der Waals surface area contributed by atoms with Crippen molar-refractivity contribution in [2.75, 3.05) is 0 Å². The molecule has 0 saturated heterocycles. The lowest BCUT2D eigenvalue weighted by Gasteiger charge is -2.12. The molecular formula is C22H19N3O2S. The van der Waals surface area contributed by atoms with Gasteiger partial charge in [0.25, 0.3) is 5.56 Å². The molecule has 0 fully saturated rings. The second-order valence-electron chi connectivity index (χ2n) is 6.38. The zero-order valence-electron chi connectivity index (χ0n) is 15.6. The van der Waals surface area contributed by atoms with Crippen molar-refractivity contribution < 1.29 is 4.74 Å². The molecule has 6 heteroatoms. The van der Waals surface area contributed by atoms with E-state index in [2.05, 4.69) is 10.1 Å². The van der Waals surface area contributed by atoms with Crippen LogP contribution in [0.2, 0.25) is 0 Å². The molecule has 2 aromatic heterocycles. The van der Waals surface area contributed by atoms with Crippen LogP contribution in [0, 0.1) is 6.92 Å². The van der Waals surface area contributed by atoms with E-state index in [1.807, 2.05) is 73.8 Å². The quantitative estimate of drug-likeness (QED) is 0.468. The Kier molecular flexibility index (Phi) is 5.04. The Balaban J connectivity index is 1.80. The molecule has 0 N–H and O–H groups in total. The fourth-order valence-corrected chi connectivity index (χ4v) is 3.58. The van der Waals surface area contributed by atoms with Gasteiger partial charge in [0, 0.05) is 0 Å². The van der Waals surface area contributed by atoms with E-state index in [-0.39, 0.29) is 12.2 Å². The van der Waals surface area contributed by atoms with Gasteiger partial charge >= 0.3 is 0 Å². The van der Waals surface area contributed by atoms with Crippen LogP contribution in [0.1, 0.15) is 23.2 Å². The molecule has 28 heavy (non-hydrogen) atoms. The summed E-state index contributed by atoms with van der Waals surface area (Å²) in [5, 5.41) is 7.09. The van der Waals surface area contributed by atoms with Crippen LogP contribution >= 0.6 is 11.3 Å². The van der Waals surface area contributed by atoms with Crippen molar-refractivity contribution in [1.82, 2.24) is 9.66 Å². The molecular weight excluding hydrogens is 370 g/mol. The molecule has 5 nitrogen and oxygen atoms in total. The van der Waals surface area contributed by atoms with Crippen molar-refractivity contribution >= 4 is 28.0 Å². The summed E-state index contributed by atoms with van der Waals surface area (Å²) in [4.78, 5) is 18.8. The van der Waals surface area contributed by atoms with Crippen LogP contribution < -0.4 is 10.3 Å². The van der Waals surface area contributed by atoms with E-state index in [0.29, 0.717) is 16.7 Å². The van der Waals surface area contributed by atoms with Crippen LogP contribution in [0.25, 0.3) is 10.9 Å². The number of nitrogens with zero attached hydrogens (tertiary/aromatic N) is 3. The molecule has 0 atom stereocenters. The first-order valence-corrected chi connectivity index (χ1v) is 9.80. The largest absolute Gasteiger partial charge is 0.485 e. The first-order chi connectivity index (χ1) is 13.6. The average molecular weight is 389 g/mol.